The topological polar surface area (TPSA) is 76.8 Å². The molecule has 28 heavy (non-hydrogen) atoms. The lowest BCUT2D eigenvalue weighted by Gasteiger charge is -2.35. The summed E-state index contributed by atoms with van der Waals surface area (Å²) in [5.74, 6) is 0.783. The molecule has 3 rings (SSSR count). The number of hydrogen-bond acceptors (Lipinski definition) is 5. The lowest BCUT2D eigenvalue weighted by molar-refractivity contribution is -0.121. The van der Waals surface area contributed by atoms with E-state index < -0.39 is 0 Å². The largest absolute Gasteiger partial charge is 0.497 e. The predicted octanol–water partition coefficient (Wildman–Crippen LogP) is 2.27. The zero-order valence-electron chi connectivity index (χ0n) is 16.3. The van der Waals surface area contributed by atoms with E-state index >= 15 is 0 Å². The second kappa shape index (κ2) is 10.2. The summed E-state index contributed by atoms with van der Waals surface area (Å²) in [5, 5.41) is 3.08. The average molecular weight is 383 g/mol. The van der Waals surface area contributed by atoms with Crippen LogP contribution in [-0.4, -0.2) is 50.8 Å². The second-order valence-electron chi connectivity index (χ2n) is 6.96. The number of nitrogens with zero attached hydrogens (tertiary/aromatic N) is 1. The number of nitrogens with one attached hydrogen (secondary N) is 1. The summed E-state index contributed by atoms with van der Waals surface area (Å²) < 4.78 is 10.7. The molecule has 6 heteroatoms. The minimum Gasteiger partial charge on any atom is -0.497 e. The average Bonchev–Trinajstić information content (AvgIpc) is 2.75. The molecule has 0 bridgehead atoms. The fourth-order valence-electron chi connectivity index (χ4n) is 3.47. The van der Waals surface area contributed by atoms with E-state index in [9.17, 15) is 4.79 Å². The van der Waals surface area contributed by atoms with Gasteiger partial charge in [-0.25, -0.2) is 0 Å². The Morgan fingerprint density at radius 2 is 1.79 bits per heavy atom. The van der Waals surface area contributed by atoms with Crippen molar-refractivity contribution >= 4 is 5.91 Å². The number of carbonyl (C=O) groups is 1. The molecule has 0 radical (unpaired) electrons. The number of morpholine rings is 1. The van der Waals surface area contributed by atoms with Crippen LogP contribution in [-0.2, 0) is 9.53 Å². The highest BCUT2D eigenvalue weighted by molar-refractivity contribution is 5.76. The molecule has 2 aromatic rings. The Bertz CT molecular complexity index is 730. The fourth-order valence-corrected chi connectivity index (χ4v) is 3.47. The zero-order chi connectivity index (χ0) is 19.8. The third-order valence-corrected chi connectivity index (χ3v) is 5.11. The maximum atomic E-state index is 12.5. The summed E-state index contributed by atoms with van der Waals surface area (Å²) in [6.07, 6.45) is 0.266. The number of carbonyl (C=O) groups excluding carboxylic acids is 1. The molecular formula is C22H29N3O3. The molecule has 1 amide bonds. The molecule has 150 valence electrons. The zero-order valence-corrected chi connectivity index (χ0v) is 16.3. The van der Waals surface area contributed by atoms with Crippen LogP contribution in [0.3, 0.4) is 0 Å². The first-order valence-corrected chi connectivity index (χ1v) is 9.70. The Kier molecular flexibility index (Phi) is 7.42. The SMILES string of the molecule is COc1ccc(C(CNC(=O)CC(N)c2ccccc2)N2CCOCC2)cc1. The molecule has 1 aliphatic heterocycles. The molecule has 1 saturated heterocycles. The van der Waals surface area contributed by atoms with E-state index in [0.717, 1.165) is 30.0 Å². The summed E-state index contributed by atoms with van der Waals surface area (Å²) in [7, 11) is 1.66. The van der Waals surface area contributed by atoms with Crippen molar-refractivity contribution in [2.24, 2.45) is 5.73 Å². The number of rotatable bonds is 8. The van der Waals surface area contributed by atoms with Crippen LogP contribution in [0, 0.1) is 0 Å². The van der Waals surface area contributed by atoms with Gasteiger partial charge in [0.05, 0.1) is 26.4 Å². The first-order valence-electron chi connectivity index (χ1n) is 9.70. The van der Waals surface area contributed by atoms with E-state index in [1.165, 1.54) is 0 Å². The molecule has 1 aliphatic rings. The van der Waals surface area contributed by atoms with Crippen LogP contribution in [0.2, 0.25) is 0 Å². The molecule has 2 unspecified atom stereocenters. The fraction of sp³-hybridized carbons (Fsp3) is 0.409. The molecule has 6 nitrogen and oxygen atoms in total. The number of methoxy groups -OCH3 is 1. The molecule has 1 fully saturated rings. The van der Waals surface area contributed by atoms with Crippen molar-refractivity contribution in [2.75, 3.05) is 40.0 Å². The molecular weight excluding hydrogens is 354 g/mol. The maximum absolute atomic E-state index is 12.5. The standard InChI is InChI=1S/C22H29N3O3/c1-27-19-9-7-18(8-10-19)21(25-11-13-28-14-12-25)16-24-22(26)15-20(23)17-5-3-2-4-6-17/h2-10,20-21H,11-16,23H2,1H3,(H,24,26). The van der Waals surface area contributed by atoms with Gasteiger partial charge in [-0.15, -0.1) is 0 Å². The molecule has 3 N–H and O–H groups in total. The van der Waals surface area contributed by atoms with Crippen LogP contribution in [0.4, 0.5) is 0 Å². The van der Waals surface area contributed by atoms with Gasteiger partial charge in [-0.05, 0) is 23.3 Å². The van der Waals surface area contributed by atoms with Gasteiger partial charge in [-0.3, -0.25) is 9.69 Å². The first-order chi connectivity index (χ1) is 13.7. The number of hydrogen-bond donors (Lipinski definition) is 2. The van der Waals surface area contributed by atoms with E-state index in [2.05, 4.69) is 22.3 Å². The van der Waals surface area contributed by atoms with Crippen LogP contribution in [0.25, 0.3) is 0 Å². The highest BCUT2D eigenvalue weighted by atomic mass is 16.5. The Hall–Kier alpha value is -2.41. The van der Waals surface area contributed by atoms with Crippen LogP contribution in [0.5, 0.6) is 5.75 Å². The maximum Gasteiger partial charge on any atom is 0.221 e. The van der Waals surface area contributed by atoms with E-state index in [4.69, 9.17) is 15.2 Å². The Balaban J connectivity index is 1.62. The van der Waals surface area contributed by atoms with E-state index in [0.29, 0.717) is 19.8 Å². The van der Waals surface area contributed by atoms with E-state index in [-0.39, 0.29) is 24.4 Å². The van der Waals surface area contributed by atoms with Crippen molar-refractivity contribution in [3.63, 3.8) is 0 Å². The van der Waals surface area contributed by atoms with E-state index in [1.54, 1.807) is 7.11 Å². The van der Waals surface area contributed by atoms with Crippen molar-refractivity contribution < 1.29 is 14.3 Å². The number of benzene rings is 2. The predicted molar refractivity (Wildman–Crippen MR) is 109 cm³/mol. The lowest BCUT2D eigenvalue weighted by Crippen LogP contribution is -2.44. The van der Waals surface area contributed by atoms with Gasteiger partial charge in [0, 0.05) is 32.1 Å². The molecule has 0 spiro atoms. The van der Waals surface area contributed by atoms with Gasteiger partial charge < -0.3 is 20.5 Å². The van der Waals surface area contributed by atoms with Gasteiger partial charge in [0.15, 0.2) is 0 Å². The summed E-state index contributed by atoms with van der Waals surface area (Å²) in [4.78, 5) is 14.8. The minimum absolute atomic E-state index is 0.0388. The quantitative estimate of drug-likeness (QED) is 0.731. The summed E-state index contributed by atoms with van der Waals surface area (Å²) in [6, 6.07) is 17.5. The van der Waals surface area contributed by atoms with Gasteiger partial charge in [0.2, 0.25) is 5.91 Å². The Morgan fingerprint density at radius 1 is 1.11 bits per heavy atom. The summed E-state index contributed by atoms with van der Waals surface area (Å²) in [6.45, 7) is 3.64. The van der Waals surface area contributed by atoms with Gasteiger partial charge >= 0.3 is 0 Å². The van der Waals surface area contributed by atoms with Crippen molar-refractivity contribution in [1.29, 1.82) is 0 Å². The molecule has 0 aromatic heterocycles. The van der Waals surface area contributed by atoms with Crippen LogP contribution in [0.15, 0.2) is 54.6 Å². The number of amides is 1. The van der Waals surface area contributed by atoms with Crippen molar-refractivity contribution in [1.82, 2.24) is 10.2 Å². The van der Waals surface area contributed by atoms with Crippen molar-refractivity contribution in [3.8, 4) is 5.75 Å². The monoisotopic (exact) mass is 383 g/mol. The van der Waals surface area contributed by atoms with Crippen LogP contribution >= 0.6 is 0 Å². The van der Waals surface area contributed by atoms with Gasteiger partial charge in [0.25, 0.3) is 0 Å². The van der Waals surface area contributed by atoms with Crippen LogP contribution < -0.4 is 15.8 Å². The third-order valence-electron chi connectivity index (χ3n) is 5.11. The Labute approximate surface area is 166 Å². The highest BCUT2D eigenvalue weighted by Gasteiger charge is 2.23. The number of nitrogens with two attached hydrogens (primary N) is 1. The summed E-state index contributed by atoms with van der Waals surface area (Å²) >= 11 is 0. The normalized spacial score (nSPS) is 16.9. The molecule has 2 atom stereocenters. The number of ether oxygens (including phenoxy) is 2. The third kappa shape index (κ3) is 5.55. The van der Waals surface area contributed by atoms with Crippen LogP contribution in [0.1, 0.15) is 29.6 Å². The molecule has 0 aliphatic carbocycles. The van der Waals surface area contributed by atoms with Gasteiger partial charge in [-0.2, -0.15) is 0 Å². The van der Waals surface area contributed by atoms with Crippen molar-refractivity contribution in [2.45, 2.75) is 18.5 Å². The first kappa shape index (κ1) is 20.3. The smallest absolute Gasteiger partial charge is 0.221 e. The minimum atomic E-state index is -0.302. The van der Waals surface area contributed by atoms with Gasteiger partial charge in [0.1, 0.15) is 5.75 Å². The Morgan fingerprint density at radius 3 is 2.43 bits per heavy atom. The second-order valence-corrected chi connectivity index (χ2v) is 6.96. The molecule has 0 saturated carbocycles. The lowest BCUT2D eigenvalue weighted by atomic mass is 10.0. The molecule has 2 aromatic carbocycles. The summed E-state index contributed by atoms with van der Waals surface area (Å²) in [5.41, 5.74) is 8.30. The van der Waals surface area contributed by atoms with E-state index in [1.807, 2.05) is 42.5 Å². The highest BCUT2D eigenvalue weighted by Crippen LogP contribution is 2.24. The molecule has 1 heterocycles. The van der Waals surface area contributed by atoms with Crippen molar-refractivity contribution in [3.05, 3.63) is 65.7 Å². The van der Waals surface area contributed by atoms with Gasteiger partial charge in [-0.1, -0.05) is 42.5 Å².